The summed E-state index contributed by atoms with van der Waals surface area (Å²) in [7, 11) is -3.38. The highest BCUT2D eigenvalue weighted by Crippen LogP contribution is 2.19. The summed E-state index contributed by atoms with van der Waals surface area (Å²) in [6, 6.07) is 14.4. The lowest BCUT2D eigenvalue weighted by Crippen LogP contribution is -2.48. The molecule has 1 aliphatic heterocycles. The second-order valence-electron chi connectivity index (χ2n) is 4.89. The number of rotatable bonds is 3. The maximum Gasteiger partial charge on any atom is 0.243 e. The fourth-order valence-electron chi connectivity index (χ4n) is 2.44. The molecule has 0 N–H and O–H groups in total. The first-order chi connectivity index (χ1) is 10.2. The van der Waals surface area contributed by atoms with Crippen molar-refractivity contribution in [3.63, 3.8) is 0 Å². The lowest BCUT2D eigenvalue weighted by molar-refractivity contribution is 0.384. The van der Waals surface area contributed by atoms with Crippen molar-refractivity contribution in [2.75, 3.05) is 31.1 Å². The second kappa shape index (κ2) is 5.83. The number of piperazine rings is 1. The van der Waals surface area contributed by atoms with E-state index in [0.717, 1.165) is 5.82 Å². The molecule has 0 amide bonds. The average Bonchev–Trinajstić information content (AvgIpc) is 2.57. The van der Waals surface area contributed by atoms with Gasteiger partial charge in [0.15, 0.2) is 0 Å². The molecule has 3 rings (SSSR count). The molecule has 1 aromatic heterocycles. The summed E-state index contributed by atoms with van der Waals surface area (Å²) >= 11 is 0. The van der Waals surface area contributed by atoms with Gasteiger partial charge in [-0.25, -0.2) is 13.4 Å². The van der Waals surface area contributed by atoms with E-state index in [1.54, 1.807) is 34.8 Å². The number of aromatic nitrogens is 1. The Labute approximate surface area is 124 Å². The van der Waals surface area contributed by atoms with E-state index >= 15 is 0 Å². The van der Waals surface area contributed by atoms with Crippen molar-refractivity contribution in [3.8, 4) is 0 Å². The predicted molar refractivity (Wildman–Crippen MR) is 81.7 cm³/mol. The molecule has 5 nitrogen and oxygen atoms in total. The first-order valence-electron chi connectivity index (χ1n) is 6.89. The Balaban J connectivity index is 1.72. The molecule has 0 spiro atoms. The smallest absolute Gasteiger partial charge is 0.243 e. The molecular weight excluding hydrogens is 286 g/mol. The Morgan fingerprint density at radius 3 is 2.14 bits per heavy atom. The van der Waals surface area contributed by atoms with Gasteiger partial charge in [-0.3, -0.25) is 0 Å². The Hall–Kier alpha value is -1.92. The number of hydrogen-bond acceptors (Lipinski definition) is 4. The van der Waals surface area contributed by atoms with Crippen LogP contribution in [0.4, 0.5) is 5.82 Å². The van der Waals surface area contributed by atoms with Crippen LogP contribution in [-0.4, -0.2) is 43.9 Å². The topological polar surface area (TPSA) is 53.5 Å². The van der Waals surface area contributed by atoms with E-state index in [9.17, 15) is 8.42 Å². The van der Waals surface area contributed by atoms with Crippen molar-refractivity contribution in [2.45, 2.75) is 4.90 Å². The van der Waals surface area contributed by atoms with Gasteiger partial charge in [-0.05, 0) is 24.3 Å². The standard InChI is InChI=1S/C15H17N3O2S/c19-21(20,14-6-2-1-3-7-14)18-12-10-17(11-13-18)15-8-4-5-9-16-15/h1-9H,10-13H2. The predicted octanol–water partition coefficient (Wildman–Crippen LogP) is 1.59. The van der Waals surface area contributed by atoms with Crippen LogP contribution in [0.1, 0.15) is 0 Å². The Kier molecular flexibility index (Phi) is 3.90. The molecule has 2 aromatic rings. The van der Waals surface area contributed by atoms with Crippen molar-refractivity contribution >= 4 is 15.8 Å². The van der Waals surface area contributed by atoms with Gasteiger partial charge < -0.3 is 4.90 Å². The van der Waals surface area contributed by atoms with Crippen LogP contribution in [0.2, 0.25) is 0 Å². The van der Waals surface area contributed by atoms with Crippen LogP contribution in [0.25, 0.3) is 0 Å². The molecule has 0 radical (unpaired) electrons. The molecule has 0 unspecified atom stereocenters. The Morgan fingerprint density at radius 2 is 1.52 bits per heavy atom. The monoisotopic (exact) mass is 303 g/mol. The van der Waals surface area contributed by atoms with Crippen LogP contribution < -0.4 is 4.90 Å². The van der Waals surface area contributed by atoms with Crippen molar-refractivity contribution < 1.29 is 8.42 Å². The summed E-state index contributed by atoms with van der Waals surface area (Å²) in [5, 5.41) is 0. The quantitative estimate of drug-likeness (QED) is 0.864. The Morgan fingerprint density at radius 1 is 0.857 bits per heavy atom. The van der Waals surface area contributed by atoms with Crippen LogP contribution in [0.5, 0.6) is 0 Å². The number of hydrogen-bond donors (Lipinski definition) is 0. The van der Waals surface area contributed by atoms with Crippen LogP contribution >= 0.6 is 0 Å². The third kappa shape index (κ3) is 2.91. The third-order valence-corrected chi connectivity index (χ3v) is 5.51. The molecule has 2 heterocycles. The minimum Gasteiger partial charge on any atom is -0.354 e. The van der Waals surface area contributed by atoms with Crippen molar-refractivity contribution in [3.05, 3.63) is 54.7 Å². The molecule has 0 bridgehead atoms. The zero-order valence-corrected chi connectivity index (χ0v) is 12.4. The first kappa shape index (κ1) is 14.0. The molecule has 1 fully saturated rings. The largest absolute Gasteiger partial charge is 0.354 e. The molecule has 0 saturated carbocycles. The van der Waals surface area contributed by atoms with Crippen molar-refractivity contribution in [1.82, 2.24) is 9.29 Å². The number of nitrogens with zero attached hydrogens (tertiary/aromatic N) is 3. The highest BCUT2D eigenvalue weighted by molar-refractivity contribution is 7.89. The number of sulfonamides is 1. The minimum absolute atomic E-state index is 0.358. The molecule has 21 heavy (non-hydrogen) atoms. The van der Waals surface area contributed by atoms with Crippen molar-refractivity contribution in [1.29, 1.82) is 0 Å². The zero-order chi connectivity index (χ0) is 14.7. The van der Waals surface area contributed by atoms with E-state index in [4.69, 9.17) is 0 Å². The van der Waals surface area contributed by atoms with Gasteiger partial charge in [-0.15, -0.1) is 0 Å². The van der Waals surface area contributed by atoms with Crippen LogP contribution in [-0.2, 0) is 10.0 Å². The highest BCUT2D eigenvalue weighted by atomic mass is 32.2. The lowest BCUT2D eigenvalue weighted by Gasteiger charge is -2.34. The van der Waals surface area contributed by atoms with E-state index in [2.05, 4.69) is 9.88 Å². The van der Waals surface area contributed by atoms with Crippen molar-refractivity contribution in [2.24, 2.45) is 0 Å². The van der Waals surface area contributed by atoms with E-state index in [1.165, 1.54) is 0 Å². The average molecular weight is 303 g/mol. The van der Waals surface area contributed by atoms with Gasteiger partial charge in [0, 0.05) is 32.4 Å². The molecule has 110 valence electrons. The maximum atomic E-state index is 12.5. The number of anilines is 1. The lowest BCUT2D eigenvalue weighted by atomic mass is 10.3. The summed E-state index contributed by atoms with van der Waals surface area (Å²) in [6.07, 6.45) is 1.75. The SMILES string of the molecule is O=S(=O)(c1ccccc1)N1CCN(c2ccccn2)CC1. The first-order valence-corrected chi connectivity index (χ1v) is 8.33. The van der Waals surface area contributed by atoms with E-state index in [1.807, 2.05) is 24.3 Å². The van der Waals surface area contributed by atoms with Crippen LogP contribution in [0, 0.1) is 0 Å². The number of pyridine rings is 1. The fourth-order valence-corrected chi connectivity index (χ4v) is 3.88. The molecule has 1 aliphatic rings. The van der Waals surface area contributed by atoms with Gasteiger partial charge in [0.1, 0.15) is 5.82 Å². The van der Waals surface area contributed by atoms with E-state index < -0.39 is 10.0 Å². The summed E-state index contributed by atoms with van der Waals surface area (Å²) < 4.78 is 26.6. The van der Waals surface area contributed by atoms with Crippen LogP contribution in [0.3, 0.4) is 0 Å². The second-order valence-corrected chi connectivity index (χ2v) is 6.83. The molecule has 6 heteroatoms. The maximum absolute atomic E-state index is 12.5. The molecular formula is C15H17N3O2S. The van der Waals surface area contributed by atoms with Gasteiger partial charge in [-0.1, -0.05) is 24.3 Å². The molecule has 1 saturated heterocycles. The summed E-state index contributed by atoms with van der Waals surface area (Å²) in [5.74, 6) is 0.897. The summed E-state index contributed by atoms with van der Waals surface area (Å²) in [4.78, 5) is 6.77. The zero-order valence-electron chi connectivity index (χ0n) is 11.6. The molecule has 0 atom stereocenters. The van der Waals surface area contributed by atoms with E-state index in [0.29, 0.717) is 31.1 Å². The fraction of sp³-hybridized carbons (Fsp3) is 0.267. The normalized spacial score (nSPS) is 16.9. The van der Waals surface area contributed by atoms with E-state index in [-0.39, 0.29) is 0 Å². The highest BCUT2D eigenvalue weighted by Gasteiger charge is 2.28. The Bertz CT molecular complexity index is 681. The van der Waals surface area contributed by atoms with Crippen LogP contribution in [0.15, 0.2) is 59.6 Å². The van der Waals surface area contributed by atoms with Gasteiger partial charge in [0.05, 0.1) is 4.90 Å². The van der Waals surface area contributed by atoms with Gasteiger partial charge >= 0.3 is 0 Å². The molecule has 1 aromatic carbocycles. The van der Waals surface area contributed by atoms with Gasteiger partial charge in [-0.2, -0.15) is 4.31 Å². The van der Waals surface area contributed by atoms with Gasteiger partial charge in [0.25, 0.3) is 0 Å². The number of benzene rings is 1. The third-order valence-electron chi connectivity index (χ3n) is 3.59. The van der Waals surface area contributed by atoms with Gasteiger partial charge in [0.2, 0.25) is 10.0 Å². The minimum atomic E-state index is -3.38. The molecule has 0 aliphatic carbocycles. The summed E-state index contributed by atoms with van der Waals surface area (Å²) in [6.45, 7) is 2.27. The summed E-state index contributed by atoms with van der Waals surface area (Å²) in [5.41, 5.74) is 0.